The molecular weight excluding hydrogens is 496 g/mol. The van der Waals surface area contributed by atoms with Crippen molar-refractivity contribution in [3.63, 3.8) is 0 Å². The number of hydrogen-bond donors (Lipinski definition) is 0. The summed E-state index contributed by atoms with van der Waals surface area (Å²) >= 11 is 0. The molecule has 0 saturated heterocycles. The van der Waals surface area contributed by atoms with Gasteiger partial charge in [-0.2, -0.15) is 0 Å². The van der Waals surface area contributed by atoms with E-state index in [9.17, 15) is 0 Å². The normalized spacial score (nSPS) is 14.1. The molecule has 0 radical (unpaired) electrons. The third kappa shape index (κ3) is 6.47. The van der Waals surface area contributed by atoms with Crippen molar-refractivity contribution in [1.29, 1.82) is 0 Å². The maximum absolute atomic E-state index is 6.31. The van der Waals surface area contributed by atoms with Crippen molar-refractivity contribution in [2.24, 2.45) is 0 Å². The van der Waals surface area contributed by atoms with Crippen LogP contribution >= 0.6 is 0 Å². The van der Waals surface area contributed by atoms with Gasteiger partial charge in [-0.3, -0.25) is 0 Å². The summed E-state index contributed by atoms with van der Waals surface area (Å²) in [7, 11) is 0. The minimum absolute atomic E-state index is 0.0178. The van der Waals surface area contributed by atoms with E-state index < -0.39 is 0 Å². The molecule has 0 unspecified atom stereocenters. The molecule has 0 bridgehead atoms. The number of para-hydroxylation sites is 1. The van der Waals surface area contributed by atoms with Crippen LogP contribution in [0.4, 0.5) is 0 Å². The lowest BCUT2D eigenvalue weighted by molar-refractivity contribution is 0.176. The third-order valence-corrected chi connectivity index (χ3v) is 7.07. The Balaban J connectivity index is 1.15. The van der Waals surface area contributed by atoms with E-state index in [1.54, 1.807) is 0 Å². The van der Waals surface area contributed by atoms with E-state index in [2.05, 4.69) is 48.5 Å². The number of aryl methyl sites for hydroxylation is 1. The van der Waals surface area contributed by atoms with Gasteiger partial charge < -0.3 is 18.9 Å². The molecule has 0 aliphatic carbocycles. The van der Waals surface area contributed by atoms with Crippen molar-refractivity contribution in [1.82, 2.24) is 0 Å². The smallest absolute Gasteiger partial charge is 0.130 e. The number of hydrogen-bond acceptors (Lipinski definition) is 4. The van der Waals surface area contributed by atoms with E-state index in [-0.39, 0.29) is 6.10 Å². The second-order valence-electron chi connectivity index (χ2n) is 9.93. The van der Waals surface area contributed by atoms with Crippen LogP contribution in [0.15, 0.2) is 127 Å². The summed E-state index contributed by atoms with van der Waals surface area (Å²) in [4.78, 5) is 0. The molecule has 0 N–H and O–H groups in total. The lowest BCUT2D eigenvalue weighted by Gasteiger charge is -2.26. The minimum atomic E-state index is 0.0178. The fourth-order valence-electron chi connectivity index (χ4n) is 4.88. The maximum atomic E-state index is 6.31. The molecule has 0 aromatic heterocycles. The first-order valence-electron chi connectivity index (χ1n) is 13.7. The van der Waals surface area contributed by atoms with Crippen LogP contribution < -0.4 is 18.9 Å². The third-order valence-electron chi connectivity index (χ3n) is 7.07. The zero-order chi connectivity index (χ0) is 27.0. The molecule has 0 fully saturated rings. The van der Waals surface area contributed by atoms with Crippen molar-refractivity contribution >= 4 is 0 Å². The highest BCUT2D eigenvalue weighted by molar-refractivity contribution is 5.42. The Labute approximate surface area is 235 Å². The van der Waals surface area contributed by atoms with E-state index in [4.69, 9.17) is 18.9 Å². The molecule has 1 atom stereocenters. The molecule has 1 aliphatic rings. The molecular formula is C36H32O4. The molecule has 4 nitrogen and oxygen atoms in total. The molecule has 0 amide bonds. The first kappa shape index (κ1) is 25.6. The molecule has 0 saturated carbocycles. The van der Waals surface area contributed by atoms with Gasteiger partial charge in [0.1, 0.15) is 48.9 Å². The van der Waals surface area contributed by atoms with Gasteiger partial charge in [0, 0.05) is 11.6 Å². The number of fused-ring (bicyclic) bond motifs is 1. The summed E-state index contributed by atoms with van der Waals surface area (Å²) < 4.78 is 24.9. The lowest BCUT2D eigenvalue weighted by atomic mass is 9.97. The van der Waals surface area contributed by atoms with E-state index in [0.717, 1.165) is 58.1 Å². The van der Waals surface area contributed by atoms with E-state index in [0.29, 0.717) is 19.8 Å². The fourth-order valence-corrected chi connectivity index (χ4v) is 4.88. The first-order valence-corrected chi connectivity index (χ1v) is 13.7. The van der Waals surface area contributed by atoms with Gasteiger partial charge in [-0.1, -0.05) is 91.0 Å². The van der Waals surface area contributed by atoms with E-state index >= 15 is 0 Å². The van der Waals surface area contributed by atoms with Crippen LogP contribution in [0.25, 0.3) is 0 Å². The van der Waals surface area contributed by atoms with Gasteiger partial charge in [0.25, 0.3) is 0 Å². The largest absolute Gasteiger partial charge is 0.489 e. The lowest BCUT2D eigenvalue weighted by Crippen LogP contribution is -2.15. The summed E-state index contributed by atoms with van der Waals surface area (Å²) in [6.07, 6.45) is 1.97. The molecule has 6 rings (SSSR count). The number of rotatable bonds is 10. The second-order valence-corrected chi connectivity index (χ2v) is 9.93. The summed E-state index contributed by atoms with van der Waals surface area (Å²) in [5, 5.41) is 0. The quantitative estimate of drug-likeness (QED) is 0.182. The Hall–Kier alpha value is -4.70. The van der Waals surface area contributed by atoms with Crippen molar-refractivity contribution in [3.05, 3.63) is 155 Å². The zero-order valence-corrected chi connectivity index (χ0v) is 22.4. The van der Waals surface area contributed by atoms with Crippen LogP contribution in [0.3, 0.4) is 0 Å². The van der Waals surface area contributed by atoms with Crippen LogP contribution in [-0.2, 0) is 26.2 Å². The van der Waals surface area contributed by atoms with Crippen LogP contribution in [-0.4, -0.2) is 0 Å². The van der Waals surface area contributed by atoms with Gasteiger partial charge in [-0.15, -0.1) is 0 Å². The SMILES string of the molecule is c1ccc(COc2ccc(COc3cccc([C@H]4CCc5ccccc5O4)c3)c(OCc3ccccc3)c2)cc1. The summed E-state index contributed by atoms with van der Waals surface area (Å²) in [5.74, 6) is 3.28. The Bertz CT molecular complexity index is 1530. The Kier molecular flexibility index (Phi) is 7.95. The predicted octanol–water partition coefficient (Wildman–Crippen LogP) is 8.49. The molecule has 40 heavy (non-hydrogen) atoms. The van der Waals surface area contributed by atoms with Crippen molar-refractivity contribution in [2.45, 2.75) is 38.8 Å². The molecule has 1 heterocycles. The van der Waals surface area contributed by atoms with Crippen LogP contribution in [0.2, 0.25) is 0 Å². The van der Waals surface area contributed by atoms with E-state index in [1.165, 1.54) is 5.56 Å². The second kappa shape index (κ2) is 12.4. The fraction of sp³-hybridized carbons (Fsp3) is 0.167. The van der Waals surface area contributed by atoms with Crippen LogP contribution in [0, 0.1) is 0 Å². The molecule has 5 aromatic rings. The zero-order valence-electron chi connectivity index (χ0n) is 22.4. The highest BCUT2D eigenvalue weighted by Crippen LogP contribution is 2.36. The standard InChI is InChI=1S/C36H32O4/c1-3-10-27(11-4-1)24-37-33-20-18-31(36(23-33)39-25-28-12-5-2-6-13-28)26-38-32-16-9-15-30(22-32)35-21-19-29-14-7-8-17-34(29)40-35/h1-18,20,22-23,35H,19,21,24-26H2/t35-/m1/s1. The monoisotopic (exact) mass is 528 g/mol. The minimum Gasteiger partial charge on any atom is -0.489 e. The molecule has 200 valence electrons. The summed E-state index contributed by atoms with van der Waals surface area (Å²) in [6, 6.07) is 42.7. The van der Waals surface area contributed by atoms with E-state index in [1.807, 2.05) is 78.9 Å². The van der Waals surface area contributed by atoms with Crippen molar-refractivity contribution in [2.75, 3.05) is 0 Å². The molecule has 1 aliphatic heterocycles. The Morgan fingerprint density at radius 1 is 0.575 bits per heavy atom. The number of benzene rings is 5. The van der Waals surface area contributed by atoms with Gasteiger partial charge >= 0.3 is 0 Å². The van der Waals surface area contributed by atoms with Gasteiger partial charge in [0.2, 0.25) is 0 Å². The molecule has 5 aromatic carbocycles. The van der Waals surface area contributed by atoms with Gasteiger partial charge in [0.15, 0.2) is 0 Å². The topological polar surface area (TPSA) is 36.9 Å². The maximum Gasteiger partial charge on any atom is 0.130 e. The Morgan fingerprint density at radius 2 is 1.25 bits per heavy atom. The first-order chi connectivity index (χ1) is 19.8. The highest BCUT2D eigenvalue weighted by atomic mass is 16.5. The average Bonchev–Trinajstić information content (AvgIpc) is 3.03. The van der Waals surface area contributed by atoms with Crippen LogP contribution in [0.1, 0.15) is 40.3 Å². The van der Waals surface area contributed by atoms with Crippen molar-refractivity contribution < 1.29 is 18.9 Å². The summed E-state index contributed by atoms with van der Waals surface area (Å²) in [5.41, 5.74) is 5.57. The molecule has 0 spiro atoms. The van der Waals surface area contributed by atoms with Gasteiger partial charge in [-0.05, 0) is 65.4 Å². The van der Waals surface area contributed by atoms with Crippen LogP contribution in [0.5, 0.6) is 23.0 Å². The summed E-state index contributed by atoms with van der Waals surface area (Å²) in [6.45, 7) is 1.34. The Morgan fingerprint density at radius 3 is 2.05 bits per heavy atom. The average molecular weight is 529 g/mol. The molecule has 4 heteroatoms. The predicted molar refractivity (Wildman–Crippen MR) is 157 cm³/mol. The van der Waals surface area contributed by atoms with Gasteiger partial charge in [-0.25, -0.2) is 0 Å². The number of ether oxygens (including phenoxy) is 4. The van der Waals surface area contributed by atoms with Gasteiger partial charge in [0.05, 0.1) is 0 Å². The highest BCUT2D eigenvalue weighted by Gasteiger charge is 2.21. The van der Waals surface area contributed by atoms with Crippen molar-refractivity contribution in [3.8, 4) is 23.0 Å².